The highest BCUT2D eigenvalue weighted by molar-refractivity contribution is 9.10. The molecule has 0 saturated heterocycles. The summed E-state index contributed by atoms with van der Waals surface area (Å²) in [6.07, 6.45) is 1.37. The molecule has 1 aliphatic heterocycles. The molecule has 0 bridgehead atoms. The molecular weight excluding hydrogens is 340 g/mol. The molecular formula is C14H11BrN2O2S. The second kappa shape index (κ2) is 5.03. The van der Waals surface area contributed by atoms with Crippen LogP contribution in [0.4, 0.5) is 5.69 Å². The molecule has 102 valence electrons. The van der Waals surface area contributed by atoms with E-state index in [2.05, 4.69) is 20.9 Å². The number of aliphatic imine (C=N–C) groups is 1. The normalized spacial score (nSPS) is 15.9. The van der Waals surface area contributed by atoms with Crippen molar-refractivity contribution in [2.24, 2.45) is 4.99 Å². The van der Waals surface area contributed by atoms with Gasteiger partial charge in [-0.25, -0.2) is 13.4 Å². The third kappa shape index (κ3) is 2.36. The van der Waals surface area contributed by atoms with Crippen LogP contribution in [0.3, 0.4) is 0 Å². The summed E-state index contributed by atoms with van der Waals surface area (Å²) in [4.78, 5) is 4.45. The Morgan fingerprint density at radius 3 is 2.70 bits per heavy atom. The third-order valence-electron chi connectivity index (χ3n) is 3.00. The standard InChI is InChI=1S/C14H11BrN2O2S/c15-12-5-3-4-11(8-12)9-17-10-16-13-6-1-2-7-14(13)20(17,18)19/h1-8,10H,9H2. The minimum atomic E-state index is -3.53. The van der Waals surface area contributed by atoms with Crippen molar-refractivity contribution in [1.82, 2.24) is 4.31 Å². The van der Waals surface area contributed by atoms with E-state index in [9.17, 15) is 8.42 Å². The summed E-state index contributed by atoms with van der Waals surface area (Å²) >= 11 is 3.38. The number of hydrogen-bond acceptors (Lipinski definition) is 3. The summed E-state index contributed by atoms with van der Waals surface area (Å²) in [7, 11) is -3.53. The van der Waals surface area contributed by atoms with Gasteiger partial charge in [-0.2, -0.15) is 0 Å². The number of fused-ring (bicyclic) bond motifs is 1. The van der Waals surface area contributed by atoms with E-state index in [4.69, 9.17) is 0 Å². The average Bonchev–Trinajstić information content (AvgIpc) is 2.42. The number of para-hydroxylation sites is 1. The number of halogens is 1. The van der Waals surface area contributed by atoms with Crippen LogP contribution in [0.1, 0.15) is 5.56 Å². The van der Waals surface area contributed by atoms with Gasteiger partial charge >= 0.3 is 0 Å². The van der Waals surface area contributed by atoms with Crippen molar-refractivity contribution in [3.05, 3.63) is 58.6 Å². The zero-order valence-electron chi connectivity index (χ0n) is 10.4. The first-order chi connectivity index (χ1) is 9.57. The summed E-state index contributed by atoms with van der Waals surface area (Å²) in [5.41, 5.74) is 1.38. The largest absolute Gasteiger partial charge is 0.267 e. The van der Waals surface area contributed by atoms with E-state index in [-0.39, 0.29) is 11.4 Å². The molecule has 0 N–H and O–H groups in total. The van der Waals surface area contributed by atoms with E-state index in [1.54, 1.807) is 24.3 Å². The Bertz CT molecular complexity index is 787. The van der Waals surface area contributed by atoms with E-state index in [1.165, 1.54) is 10.6 Å². The maximum atomic E-state index is 12.5. The lowest BCUT2D eigenvalue weighted by molar-refractivity contribution is 0.521. The molecule has 0 fully saturated rings. The Kier molecular flexibility index (Phi) is 3.35. The number of hydrogen-bond donors (Lipinski definition) is 0. The van der Waals surface area contributed by atoms with Gasteiger partial charge in [0.1, 0.15) is 11.2 Å². The Hall–Kier alpha value is -1.66. The molecule has 0 aliphatic carbocycles. The van der Waals surface area contributed by atoms with Gasteiger partial charge < -0.3 is 0 Å². The topological polar surface area (TPSA) is 49.7 Å². The van der Waals surface area contributed by atoms with E-state index >= 15 is 0 Å². The second-order valence-corrected chi connectivity index (χ2v) is 7.17. The Morgan fingerprint density at radius 2 is 1.90 bits per heavy atom. The smallest absolute Gasteiger partial charge is 0.252 e. The maximum absolute atomic E-state index is 12.5. The molecule has 2 aromatic carbocycles. The molecule has 0 saturated carbocycles. The maximum Gasteiger partial charge on any atom is 0.267 e. The van der Waals surface area contributed by atoms with Crippen molar-refractivity contribution in [3.8, 4) is 0 Å². The quantitative estimate of drug-likeness (QED) is 0.834. The molecule has 0 aromatic heterocycles. The SMILES string of the molecule is O=S1(=O)c2ccccc2N=CN1Cc1cccc(Br)c1. The fourth-order valence-corrected chi connectivity index (χ4v) is 3.86. The number of rotatable bonds is 2. The molecule has 4 nitrogen and oxygen atoms in total. The number of sulfonamides is 1. The average molecular weight is 351 g/mol. The fraction of sp³-hybridized carbons (Fsp3) is 0.0714. The molecule has 1 aliphatic rings. The van der Waals surface area contributed by atoms with Crippen molar-refractivity contribution in [3.63, 3.8) is 0 Å². The minimum Gasteiger partial charge on any atom is -0.252 e. The van der Waals surface area contributed by atoms with Gasteiger partial charge in [-0.3, -0.25) is 4.31 Å². The molecule has 2 aromatic rings. The fourth-order valence-electron chi connectivity index (χ4n) is 2.04. The highest BCUT2D eigenvalue weighted by atomic mass is 79.9. The van der Waals surface area contributed by atoms with E-state index < -0.39 is 10.0 Å². The summed E-state index contributed by atoms with van der Waals surface area (Å²) in [6, 6.07) is 14.3. The van der Waals surface area contributed by atoms with Crippen LogP contribution in [0.25, 0.3) is 0 Å². The van der Waals surface area contributed by atoms with Gasteiger partial charge in [-0.15, -0.1) is 0 Å². The molecule has 0 amide bonds. The van der Waals surface area contributed by atoms with Gasteiger partial charge in [0.15, 0.2) is 0 Å². The van der Waals surface area contributed by atoms with Crippen molar-refractivity contribution in [1.29, 1.82) is 0 Å². The lowest BCUT2D eigenvalue weighted by atomic mass is 10.2. The van der Waals surface area contributed by atoms with Crippen LogP contribution in [-0.2, 0) is 16.6 Å². The molecule has 0 spiro atoms. The van der Waals surface area contributed by atoms with Crippen molar-refractivity contribution < 1.29 is 8.42 Å². The molecule has 20 heavy (non-hydrogen) atoms. The van der Waals surface area contributed by atoms with Crippen LogP contribution in [0.2, 0.25) is 0 Å². The van der Waals surface area contributed by atoms with Crippen LogP contribution < -0.4 is 0 Å². The molecule has 0 atom stereocenters. The van der Waals surface area contributed by atoms with Crippen LogP contribution >= 0.6 is 15.9 Å². The van der Waals surface area contributed by atoms with Crippen LogP contribution in [0.5, 0.6) is 0 Å². The Labute approximate surface area is 125 Å². The number of benzene rings is 2. The van der Waals surface area contributed by atoms with Crippen molar-refractivity contribution in [2.45, 2.75) is 11.4 Å². The first-order valence-corrected chi connectivity index (χ1v) is 8.20. The summed E-state index contributed by atoms with van der Waals surface area (Å²) in [5, 5.41) is 0. The Balaban J connectivity index is 1.98. The monoisotopic (exact) mass is 350 g/mol. The predicted octanol–water partition coefficient (Wildman–Crippen LogP) is 3.31. The first kappa shape index (κ1) is 13.3. The zero-order chi connectivity index (χ0) is 14.2. The van der Waals surface area contributed by atoms with E-state index in [1.807, 2.05) is 24.3 Å². The zero-order valence-corrected chi connectivity index (χ0v) is 12.8. The van der Waals surface area contributed by atoms with Gasteiger partial charge in [0.25, 0.3) is 10.0 Å². The van der Waals surface area contributed by atoms with Crippen LogP contribution in [-0.4, -0.2) is 19.1 Å². The lowest BCUT2D eigenvalue weighted by Crippen LogP contribution is -2.31. The molecule has 3 rings (SSSR count). The van der Waals surface area contributed by atoms with Crippen LogP contribution in [0, 0.1) is 0 Å². The first-order valence-electron chi connectivity index (χ1n) is 5.97. The highest BCUT2D eigenvalue weighted by Crippen LogP contribution is 2.30. The highest BCUT2D eigenvalue weighted by Gasteiger charge is 2.28. The predicted molar refractivity (Wildman–Crippen MR) is 81.5 cm³/mol. The third-order valence-corrected chi connectivity index (χ3v) is 5.24. The molecule has 1 heterocycles. The van der Waals surface area contributed by atoms with E-state index in [0.29, 0.717) is 5.69 Å². The van der Waals surface area contributed by atoms with Gasteiger partial charge in [0.2, 0.25) is 0 Å². The summed E-state index contributed by atoms with van der Waals surface area (Å²) in [5.74, 6) is 0. The summed E-state index contributed by atoms with van der Waals surface area (Å²) in [6.45, 7) is 0.263. The Morgan fingerprint density at radius 1 is 1.10 bits per heavy atom. The second-order valence-electron chi connectivity index (χ2n) is 4.39. The molecule has 0 radical (unpaired) electrons. The molecule has 6 heteroatoms. The van der Waals surface area contributed by atoms with Crippen molar-refractivity contribution in [2.75, 3.05) is 0 Å². The van der Waals surface area contributed by atoms with Gasteiger partial charge in [0.05, 0.1) is 12.2 Å². The van der Waals surface area contributed by atoms with Crippen molar-refractivity contribution >= 4 is 38.0 Å². The number of nitrogens with zero attached hydrogens (tertiary/aromatic N) is 2. The lowest BCUT2D eigenvalue weighted by Gasteiger charge is -2.24. The van der Waals surface area contributed by atoms with Gasteiger partial charge in [-0.1, -0.05) is 40.2 Å². The van der Waals surface area contributed by atoms with Crippen LogP contribution in [0.15, 0.2) is 62.9 Å². The van der Waals surface area contributed by atoms with Gasteiger partial charge in [0, 0.05) is 4.47 Å². The summed E-state index contributed by atoms with van der Waals surface area (Å²) < 4.78 is 27.2. The van der Waals surface area contributed by atoms with E-state index in [0.717, 1.165) is 10.0 Å². The minimum absolute atomic E-state index is 0.248. The molecule has 0 unspecified atom stereocenters. The van der Waals surface area contributed by atoms with Gasteiger partial charge in [-0.05, 0) is 29.8 Å².